The number of ketones is 1. The van der Waals surface area contributed by atoms with Gasteiger partial charge in [0.15, 0.2) is 17.3 Å². The average molecular weight is 571 g/mol. The van der Waals surface area contributed by atoms with Crippen LogP contribution in [-0.2, 0) is 19.6 Å². The molecule has 1 fully saturated rings. The summed E-state index contributed by atoms with van der Waals surface area (Å²) in [6, 6.07) is 10.5. The first-order chi connectivity index (χ1) is 19.0. The lowest BCUT2D eigenvalue weighted by atomic mass is 10.0. The first-order valence-electron chi connectivity index (χ1n) is 12.9. The second kappa shape index (κ2) is 13.4. The van der Waals surface area contributed by atoms with Gasteiger partial charge in [-0.3, -0.25) is 14.4 Å². The summed E-state index contributed by atoms with van der Waals surface area (Å²) in [6.07, 6.45) is 0.864. The van der Waals surface area contributed by atoms with Crippen molar-refractivity contribution in [3.63, 3.8) is 0 Å². The number of rotatable bonds is 10. The van der Waals surface area contributed by atoms with Crippen LogP contribution in [0, 0.1) is 17.2 Å². The molecule has 214 valence electrons. The van der Waals surface area contributed by atoms with Crippen molar-refractivity contribution >= 4 is 27.6 Å². The standard InChI is InChI=1S/C28H34N4O7S/c1-18(2)14-22(31-27(34)19-11-12-24(38-3)25(15-19)39-4)28(35)30-21-9-7-13-32(17-23(21)33)40(36,37)26-10-6-5-8-20(26)16-29/h5-6,8,10-12,15,18,21-22H,7,9,13-14,17H2,1-4H3,(H,30,35)(H,31,34)/t21-,22-/m1/s1. The fourth-order valence-electron chi connectivity index (χ4n) is 4.47. The van der Waals surface area contributed by atoms with Crippen molar-refractivity contribution < 1.29 is 32.3 Å². The number of carbonyl (C=O) groups excluding carboxylic acids is 3. The molecular weight excluding hydrogens is 536 g/mol. The van der Waals surface area contributed by atoms with E-state index in [4.69, 9.17) is 9.47 Å². The van der Waals surface area contributed by atoms with E-state index in [0.29, 0.717) is 24.3 Å². The van der Waals surface area contributed by atoms with Crippen molar-refractivity contribution in [3.05, 3.63) is 53.6 Å². The molecule has 40 heavy (non-hydrogen) atoms. The molecule has 1 aliphatic heterocycles. The van der Waals surface area contributed by atoms with Crippen LogP contribution in [0.3, 0.4) is 0 Å². The second-order valence-electron chi connectivity index (χ2n) is 9.84. The van der Waals surface area contributed by atoms with Gasteiger partial charge in [-0.2, -0.15) is 9.57 Å². The number of carbonyl (C=O) groups is 3. The molecule has 3 rings (SSSR count). The van der Waals surface area contributed by atoms with Gasteiger partial charge in [0, 0.05) is 12.1 Å². The Hall–Kier alpha value is -3.95. The molecule has 0 saturated carbocycles. The molecule has 0 unspecified atom stereocenters. The summed E-state index contributed by atoms with van der Waals surface area (Å²) >= 11 is 0. The van der Waals surface area contributed by atoms with Gasteiger partial charge in [-0.15, -0.1) is 0 Å². The number of Topliss-reactive ketones (excluding diaryl/α,β-unsaturated/α-hetero) is 1. The van der Waals surface area contributed by atoms with Crippen molar-refractivity contribution in [2.45, 2.75) is 50.1 Å². The summed E-state index contributed by atoms with van der Waals surface area (Å²) in [7, 11) is -1.17. The van der Waals surface area contributed by atoms with E-state index in [1.807, 2.05) is 19.9 Å². The fourth-order valence-corrected chi connectivity index (χ4v) is 6.06. The van der Waals surface area contributed by atoms with Crippen LogP contribution in [0.5, 0.6) is 11.5 Å². The molecule has 0 aromatic heterocycles. The van der Waals surface area contributed by atoms with E-state index in [1.54, 1.807) is 18.2 Å². The normalized spacial score (nSPS) is 16.9. The molecule has 2 N–H and O–H groups in total. The third-order valence-electron chi connectivity index (χ3n) is 6.54. The summed E-state index contributed by atoms with van der Waals surface area (Å²) in [5, 5.41) is 14.8. The highest BCUT2D eigenvalue weighted by Crippen LogP contribution is 2.28. The van der Waals surface area contributed by atoms with Crippen LogP contribution < -0.4 is 20.1 Å². The highest BCUT2D eigenvalue weighted by Gasteiger charge is 2.35. The van der Waals surface area contributed by atoms with Crippen molar-refractivity contribution in [1.82, 2.24) is 14.9 Å². The van der Waals surface area contributed by atoms with Gasteiger partial charge in [-0.25, -0.2) is 8.42 Å². The van der Waals surface area contributed by atoms with Crippen LogP contribution in [0.25, 0.3) is 0 Å². The fraction of sp³-hybridized carbons (Fsp3) is 0.429. The summed E-state index contributed by atoms with van der Waals surface area (Å²) in [4.78, 5) is 39.2. The van der Waals surface area contributed by atoms with Crippen LogP contribution in [0.2, 0.25) is 0 Å². The lowest BCUT2D eigenvalue weighted by molar-refractivity contribution is -0.129. The van der Waals surface area contributed by atoms with Crippen LogP contribution in [-0.4, -0.2) is 69.7 Å². The predicted molar refractivity (Wildman–Crippen MR) is 146 cm³/mol. The first kappa shape index (κ1) is 30.6. The third kappa shape index (κ3) is 7.16. The molecule has 0 radical (unpaired) electrons. The van der Waals surface area contributed by atoms with E-state index in [1.165, 1.54) is 38.5 Å². The zero-order valence-electron chi connectivity index (χ0n) is 23.0. The van der Waals surface area contributed by atoms with Gasteiger partial charge in [0.25, 0.3) is 5.91 Å². The average Bonchev–Trinajstić information content (AvgIpc) is 3.13. The molecule has 2 amide bonds. The zero-order valence-corrected chi connectivity index (χ0v) is 23.8. The zero-order chi connectivity index (χ0) is 29.4. The number of nitrogens with one attached hydrogen (secondary N) is 2. The van der Waals surface area contributed by atoms with Crippen molar-refractivity contribution in [3.8, 4) is 17.6 Å². The van der Waals surface area contributed by atoms with Gasteiger partial charge in [0.05, 0.1) is 37.3 Å². The minimum absolute atomic E-state index is 0.00852. The van der Waals surface area contributed by atoms with Gasteiger partial charge in [-0.1, -0.05) is 26.0 Å². The predicted octanol–water partition coefficient (Wildman–Crippen LogP) is 2.26. The number of ether oxygens (including phenoxy) is 2. The maximum atomic E-state index is 13.3. The van der Waals surface area contributed by atoms with Crippen molar-refractivity contribution in [2.75, 3.05) is 27.3 Å². The number of hydrogen-bond acceptors (Lipinski definition) is 8. The number of amides is 2. The Balaban J connectivity index is 1.73. The minimum atomic E-state index is -4.10. The molecule has 2 aromatic carbocycles. The van der Waals surface area contributed by atoms with E-state index in [9.17, 15) is 28.1 Å². The lowest BCUT2D eigenvalue weighted by Gasteiger charge is -2.24. The number of hydrogen-bond donors (Lipinski definition) is 2. The Morgan fingerprint density at radius 3 is 2.48 bits per heavy atom. The summed E-state index contributed by atoms with van der Waals surface area (Å²) < 4.78 is 38.0. The lowest BCUT2D eigenvalue weighted by Crippen LogP contribution is -2.52. The van der Waals surface area contributed by atoms with Gasteiger partial charge in [-0.05, 0) is 55.5 Å². The Bertz CT molecular complexity index is 1400. The summed E-state index contributed by atoms with van der Waals surface area (Å²) in [5.41, 5.74) is 0.258. The topological polar surface area (TPSA) is 155 Å². The first-order valence-corrected chi connectivity index (χ1v) is 14.3. The maximum absolute atomic E-state index is 13.3. The monoisotopic (exact) mass is 570 g/mol. The Labute approximate surface area is 234 Å². The second-order valence-corrected chi connectivity index (χ2v) is 11.7. The van der Waals surface area contributed by atoms with Gasteiger partial charge >= 0.3 is 0 Å². The van der Waals surface area contributed by atoms with Crippen molar-refractivity contribution in [2.24, 2.45) is 5.92 Å². The molecular formula is C28H34N4O7S. The Kier molecular flexibility index (Phi) is 10.3. The minimum Gasteiger partial charge on any atom is -0.493 e. The number of nitrogens with zero attached hydrogens (tertiary/aromatic N) is 2. The Morgan fingerprint density at radius 1 is 1.12 bits per heavy atom. The number of methoxy groups -OCH3 is 2. The van der Waals surface area contributed by atoms with E-state index >= 15 is 0 Å². The third-order valence-corrected chi connectivity index (χ3v) is 8.44. The number of benzene rings is 2. The van der Waals surface area contributed by atoms with E-state index in [-0.39, 0.29) is 34.9 Å². The van der Waals surface area contributed by atoms with Crippen LogP contribution in [0.15, 0.2) is 47.4 Å². The van der Waals surface area contributed by atoms with Gasteiger partial charge in [0.1, 0.15) is 12.1 Å². The van der Waals surface area contributed by atoms with Crippen molar-refractivity contribution in [1.29, 1.82) is 5.26 Å². The molecule has 1 saturated heterocycles. The molecule has 11 nitrogen and oxygen atoms in total. The molecule has 0 aliphatic carbocycles. The molecule has 0 bridgehead atoms. The molecule has 2 aromatic rings. The molecule has 2 atom stereocenters. The smallest absolute Gasteiger partial charge is 0.252 e. The van der Waals surface area contributed by atoms with Crippen LogP contribution in [0.4, 0.5) is 0 Å². The quantitative estimate of drug-likeness (QED) is 0.441. The van der Waals surface area contributed by atoms with E-state index in [2.05, 4.69) is 10.6 Å². The van der Waals surface area contributed by atoms with Gasteiger partial charge in [0.2, 0.25) is 15.9 Å². The Morgan fingerprint density at radius 2 is 1.82 bits per heavy atom. The SMILES string of the molecule is COc1ccc(C(=O)N[C@H](CC(C)C)C(=O)N[C@@H]2CCCN(S(=O)(=O)c3ccccc3C#N)CC2=O)cc1OC. The highest BCUT2D eigenvalue weighted by molar-refractivity contribution is 7.89. The molecule has 1 aliphatic rings. The number of nitriles is 1. The van der Waals surface area contributed by atoms with Crippen LogP contribution >= 0.6 is 0 Å². The summed E-state index contributed by atoms with van der Waals surface area (Å²) in [5.74, 6) is -0.643. The van der Waals surface area contributed by atoms with E-state index in [0.717, 1.165) is 4.31 Å². The highest BCUT2D eigenvalue weighted by atomic mass is 32.2. The summed E-state index contributed by atoms with van der Waals surface area (Å²) in [6.45, 7) is 3.43. The molecule has 1 heterocycles. The number of sulfonamides is 1. The largest absolute Gasteiger partial charge is 0.493 e. The maximum Gasteiger partial charge on any atom is 0.252 e. The molecule has 12 heteroatoms. The molecule has 0 spiro atoms. The van der Waals surface area contributed by atoms with Gasteiger partial charge < -0.3 is 20.1 Å². The van der Waals surface area contributed by atoms with E-state index < -0.39 is 46.2 Å². The van der Waals surface area contributed by atoms with Crippen LogP contribution in [0.1, 0.15) is 49.0 Å².